The minimum absolute atomic E-state index is 0.0809. The average Bonchev–Trinajstić information content (AvgIpc) is 2.46. The van der Waals surface area contributed by atoms with Gasteiger partial charge in [0.25, 0.3) is 0 Å². The summed E-state index contributed by atoms with van der Waals surface area (Å²) in [6.45, 7) is 3.59. The van der Waals surface area contributed by atoms with Crippen LogP contribution in [0.1, 0.15) is 64.7 Å². The Morgan fingerprint density at radius 1 is 1.14 bits per heavy atom. The molecule has 0 aromatic carbocycles. The molecule has 0 radical (unpaired) electrons. The van der Waals surface area contributed by atoms with E-state index in [4.69, 9.17) is 5.11 Å². The summed E-state index contributed by atoms with van der Waals surface area (Å²) < 4.78 is 0. The smallest absolute Gasteiger partial charge is 0.303 e. The van der Waals surface area contributed by atoms with Crippen molar-refractivity contribution >= 4 is 11.9 Å². The van der Waals surface area contributed by atoms with Gasteiger partial charge in [0, 0.05) is 19.5 Å². The Morgan fingerprint density at radius 3 is 2.43 bits per heavy atom. The number of likely N-dealkylation sites (tertiary alicyclic amines) is 1. The molecule has 21 heavy (non-hydrogen) atoms. The van der Waals surface area contributed by atoms with E-state index in [1.807, 2.05) is 11.0 Å². The van der Waals surface area contributed by atoms with Gasteiger partial charge in [0.1, 0.15) is 0 Å². The third-order valence-electron chi connectivity index (χ3n) is 4.12. The molecule has 120 valence electrons. The largest absolute Gasteiger partial charge is 0.481 e. The number of carbonyl (C=O) groups excluding carboxylic acids is 1. The lowest BCUT2D eigenvalue weighted by molar-refractivity contribution is -0.138. The molecule has 0 unspecified atom stereocenters. The van der Waals surface area contributed by atoms with Gasteiger partial charge in [-0.25, -0.2) is 0 Å². The van der Waals surface area contributed by atoms with E-state index < -0.39 is 5.97 Å². The Balaban J connectivity index is 2.14. The first kappa shape index (κ1) is 17.7. The van der Waals surface area contributed by atoms with Crippen molar-refractivity contribution in [1.29, 1.82) is 0 Å². The number of hydrogen-bond donors (Lipinski definition) is 1. The fourth-order valence-electron chi connectivity index (χ4n) is 2.76. The number of rotatable bonds is 9. The zero-order valence-corrected chi connectivity index (χ0v) is 13.2. The Hall–Kier alpha value is -1.32. The quantitative estimate of drug-likeness (QED) is 0.522. The second-order valence-electron chi connectivity index (χ2n) is 5.97. The zero-order valence-electron chi connectivity index (χ0n) is 13.2. The molecule has 1 N–H and O–H groups in total. The highest BCUT2D eigenvalue weighted by Crippen LogP contribution is 2.20. The SMILES string of the molecule is CCCCCCCC=CC(=O)N1CCC(CC(=O)O)CC1. The molecule has 1 amide bonds. The molecule has 1 heterocycles. The van der Waals surface area contributed by atoms with Crippen LogP contribution in [0.5, 0.6) is 0 Å². The summed E-state index contributed by atoms with van der Waals surface area (Å²) in [6.07, 6.45) is 12.7. The Labute approximate surface area is 128 Å². The molecular weight excluding hydrogens is 266 g/mol. The molecule has 1 saturated heterocycles. The van der Waals surface area contributed by atoms with Gasteiger partial charge in [0.15, 0.2) is 0 Å². The normalized spacial score (nSPS) is 16.5. The maximum absolute atomic E-state index is 12.0. The second-order valence-corrected chi connectivity index (χ2v) is 5.97. The van der Waals surface area contributed by atoms with Crippen LogP contribution >= 0.6 is 0 Å². The van der Waals surface area contributed by atoms with Crippen LogP contribution in [-0.2, 0) is 9.59 Å². The Kier molecular flexibility index (Phi) is 8.79. The van der Waals surface area contributed by atoms with Gasteiger partial charge < -0.3 is 10.0 Å². The molecule has 4 heteroatoms. The van der Waals surface area contributed by atoms with E-state index in [1.165, 1.54) is 25.7 Å². The van der Waals surface area contributed by atoms with Crippen molar-refractivity contribution in [1.82, 2.24) is 4.90 Å². The van der Waals surface area contributed by atoms with Gasteiger partial charge in [0.05, 0.1) is 0 Å². The van der Waals surface area contributed by atoms with E-state index in [0.29, 0.717) is 13.1 Å². The minimum Gasteiger partial charge on any atom is -0.481 e. The van der Waals surface area contributed by atoms with E-state index >= 15 is 0 Å². The summed E-state index contributed by atoms with van der Waals surface area (Å²) in [5, 5.41) is 8.77. The maximum Gasteiger partial charge on any atom is 0.303 e. The van der Waals surface area contributed by atoms with Gasteiger partial charge in [-0.1, -0.05) is 38.7 Å². The molecule has 0 aromatic heterocycles. The molecule has 0 bridgehead atoms. The first-order valence-corrected chi connectivity index (χ1v) is 8.30. The zero-order chi connectivity index (χ0) is 15.5. The number of nitrogens with zero attached hydrogens (tertiary/aromatic N) is 1. The lowest BCUT2D eigenvalue weighted by Gasteiger charge is -2.30. The molecule has 4 nitrogen and oxygen atoms in total. The van der Waals surface area contributed by atoms with Gasteiger partial charge in [-0.15, -0.1) is 0 Å². The van der Waals surface area contributed by atoms with Gasteiger partial charge in [-0.2, -0.15) is 0 Å². The number of piperidine rings is 1. The van der Waals surface area contributed by atoms with Crippen LogP contribution in [0, 0.1) is 5.92 Å². The molecule has 1 rings (SSSR count). The Bertz CT molecular complexity index is 344. The highest BCUT2D eigenvalue weighted by Gasteiger charge is 2.22. The summed E-state index contributed by atoms with van der Waals surface area (Å²) in [7, 11) is 0. The minimum atomic E-state index is -0.734. The molecular formula is C17H29NO3. The average molecular weight is 295 g/mol. The molecule has 0 saturated carbocycles. The summed E-state index contributed by atoms with van der Waals surface area (Å²) in [5.74, 6) is -0.422. The third-order valence-corrected chi connectivity index (χ3v) is 4.12. The van der Waals surface area contributed by atoms with Gasteiger partial charge >= 0.3 is 5.97 Å². The molecule has 1 fully saturated rings. The van der Waals surface area contributed by atoms with Crippen LogP contribution in [-0.4, -0.2) is 35.0 Å². The number of unbranched alkanes of at least 4 members (excludes halogenated alkanes) is 5. The molecule has 0 spiro atoms. The van der Waals surface area contributed by atoms with Crippen molar-refractivity contribution in [3.8, 4) is 0 Å². The number of carbonyl (C=O) groups is 2. The van der Waals surface area contributed by atoms with E-state index in [1.54, 1.807) is 6.08 Å². The van der Waals surface area contributed by atoms with Gasteiger partial charge in [-0.3, -0.25) is 9.59 Å². The number of allylic oxidation sites excluding steroid dienone is 1. The summed E-state index contributed by atoms with van der Waals surface area (Å²) in [5.41, 5.74) is 0. The maximum atomic E-state index is 12.0. The second kappa shape index (κ2) is 10.4. The monoisotopic (exact) mass is 295 g/mol. The van der Waals surface area contributed by atoms with E-state index in [0.717, 1.165) is 25.7 Å². The number of aliphatic carboxylic acids is 1. The standard InChI is InChI=1S/C17H29NO3/c1-2-3-4-5-6-7-8-9-16(19)18-12-10-15(11-13-18)14-17(20)21/h8-9,15H,2-7,10-14H2,1H3,(H,20,21). The van der Waals surface area contributed by atoms with Crippen molar-refractivity contribution < 1.29 is 14.7 Å². The number of hydrogen-bond acceptors (Lipinski definition) is 2. The number of carboxylic acid groups (broad SMARTS) is 1. The highest BCUT2D eigenvalue weighted by atomic mass is 16.4. The Morgan fingerprint density at radius 2 is 1.81 bits per heavy atom. The van der Waals surface area contributed by atoms with Crippen molar-refractivity contribution in [2.75, 3.05) is 13.1 Å². The molecule has 0 atom stereocenters. The summed E-state index contributed by atoms with van der Waals surface area (Å²) in [4.78, 5) is 24.5. The van der Waals surface area contributed by atoms with Crippen molar-refractivity contribution in [3.63, 3.8) is 0 Å². The predicted molar refractivity (Wildman–Crippen MR) is 84.1 cm³/mol. The summed E-state index contributed by atoms with van der Waals surface area (Å²) in [6, 6.07) is 0. The van der Waals surface area contributed by atoms with Crippen LogP contribution in [0.25, 0.3) is 0 Å². The fourth-order valence-corrected chi connectivity index (χ4v) is 2.76. The van der Waals surface area contributed by atoms with E-state index in [2.05, 4.69) is 6.92 Å². The van der Waals surface area contributed by atoms with Crippen molar-refractivity contribution in [3.05, 3.63) is 12.2 Å². The van der Waals surface area contributed by atoms with Crippen molar-refractivity contribution in [2.24, 2.45) is 5.92 Å². The van der Waals surface area contributed by atoms with Crippen LogP contribution in [0.2, 0.25) is 0 Å². The lowest BCUT2D eigenvalue weighted by atomic mass is 9.93. The third kappa shape index (κ3) is 7.88. The number of carboxylic acids is 1. The van der Waals surface area contributed by atoms with E-state index in [9.17, 15) is 9.59 Å². The van der Waals surface area contributed by atoms with Gasteiger partial charge in [0.2, 0.25) is 5.91 Å². The van der Waals surface area contributed by atoms with Crippen LogP contribution in [0.4, 0.5) is 0 Å². The molecule has 0 aromatic rings. The van der Waals surface area contributed by atoms with Crippen LogP contribution < -0.4 is 0 Å². The van der Waals surface area contributed by atoms with Crippen LogP contribution in [0.15, 0.2) is 12.2 Å². The molecule has 1 aliphatic heterocycles. The highest BCUT2D eigenvalue weighted by molar-refractivity contribution is 5.87. The summed E-state index contributed by atoms with van der Waals surface area (Å²) >= 11 is 0. The molecule has 1 aliphatic rings. The fraction of sp³-hybridized carbons (Fsp3) is 0.765. The first-order valence-electron chi connectivity index (χ1n) is 8.30. The molecule has 0 aliphatic carbocycles. The predicted octanol–water partition coefficient (Wildman–Crippen LogP) is 3.62. The van der Waals surface area contributed by atoms with E-state index in [-0.39, 0.29) is 18.2 Å². The number of amides is 1. The van der Waals surface area contributed by atoms with Gasteiger partial charge in [-0.05, 0) is 37.7 Å². The topological polar surface area (TPSA) is 57.6 Å². The van der Waals surface area contributed by atoms with Crippen molar-refractivity contribution in [2.45, 2.75) is 64.7 Å². The lowest BCUT2D eigenvalue weighted by Crippen LogP contribution is -2.37. The first-order chi connectivity index (χ1) is 10.1. The van der Waals surface area contributed by atoms with Crippen LogP contribution in [0.3, 0.4) is 0 Å².